The molecule has 0 saturated carbocycles. The molecule has 1 aromatic carbocycles. The Balaban J connectivity index is 2.58. The Morgan fingerprint density at radius 3 is 2.67 bits per heavy atom. The summed E-state index contributed by atoms with van der Waals surface area (Å²) in [5, 5.41) is 3.40. The monoisotopic (exact) mass is 255 g/mol. The summed E-state index contributed by atoms with van der Waals surface area (Å²) in [7, 11) is 1.78. The van der Waals surface area contributed by atoms with Gasteiger partial charge in [-0.25, -0.2) is 9.97 Å². The molecule has 18 heavy (non-hydrogen) atoms. The smallest absolute Gasteiger partial charge is 0.319 e. The summed E-state index contributed by atoms with van der Waals surface area (Å²) in [6, 6.07) is 4.05. The van der Waals surface area contributed by atoms with E-state index in [4.69, 9.17) is 0 Å². The lowest BCUT2D eigenvalue weighted by Crippen LogP contribution is -2.12. The highest BCUT2D eigenvalue weighted by Crippen LogP contribution is 2.34. The molecule has 0 fully saturated rings. The van der Waals surface area contributed by atoms with Crippen molar-refractivity contribution in [2.75, 3.05) is 13.6 Å². The van der Waals surface area contributed by atoms with Gasteiger partial charge in [0.2, 0.25) is 0 Å². The third-order valence-corrected chi connectivity index (χ3v) is 2.66. The SMILES string of the molecule is CNCCc1ncnc2c(C(F)(F)F)cccc12. The van der Waals surface area contributed by atoms with E-state index in [0.29, 0.717) is 24.0 Å². The first-order valence-corrected chi connectivity index (χ1v) is 5.48. The first-order valence-electron chi connectivity index (χ1n) is 5.48. The number of hydrogen-bond acceptors (Lipinski definition) is 3. The van der Waals surface area contributed by atoms with Crippen molar-refractivity contribution < 1.29 is 13.2 Å². The minimum atomic E-state index is -4.39. The van der Waals surface area contributed by atoms with Crippen LogP contribution in [0.15, 0.2) is 24.5 Å². The zero-order chi connectivity index (χ0) is 13.2. The second-order valence-corrected chi connectivity index (χ2v) is 3.87. The van der Waals surface area contributed by atoms with E-state index in [1.165, 1.54) is 12.4 Å². The molecule has 0 spiro atoms. The van der Waals surface area contributed by atoms with Crippen LogP contribution in [0.5, 0.6) is 0 Å². The minimum Gasteiger partial charge on any atom is -0.319 e. The maximum absolute atomic E-state index is 12.8. The van der Waals surface area contributed by atoms with Crippen molar-refractivity contribution >= 4 is 10.9 Å². The number of halogens is 3. The lowest BCUT2D eigenvalue weighted by atomic mass is 10.1. The highest BCUT2D eigenvalue weighted by molar-refractivity contribution is 5.84. The fourth-order valence-corrected chi connectivity index (χ4v) is 1.81. The molecule has 2 aromatic rings. The Labute approximate surface area is 102 Å². The van der Waals surface area contributed by atoms with E-state index in [1.54, 1.807) is 13.1 Å². The molecule has 1 heterocycles. The predicted molar refractivity (Wildman–Crippen MR) is 62.2 cm³/mol. The van der Waals surface area contributed by atoms with Gasteiger partial charge in [0.25, 0.3) is 0 Å². The molecule has 1 aromatic heterocycles. The second-order valence-electron chi connectivity index (χ2n) is 3.87. The summed E-state index contributed by atoms with van der Waals surface area (Å²) in [6.45, 7) is 0.655. The van der Waals surface area contributed by atoms with Crippen LogP contribution in [0.1, 0.15) is 11.3 Å². The Morgan fingerprint density at radius 1 is 1.22 bits per heavy atom. The van der Waals surface area contributed by atoms with Gasteiger partial charge >= 0.3 is 6.18 Å². The molecular weight excluding hydrogens is 243 g/mol. The number of nitrogens with zero attached hydrogens (tertiary/aromatic N) is 2. The van der Waals surface area contributed by atoms with Gasteiger partial charge in [0.15, 0.2) is 0 Å². The van der Waals surface area contributed by atoms with Crippen LogP contribution in [-0.4, -0.2) is 23.6 Å². The second kappa shape index (κ2) is 4.89. The maximum Gasteiger partial charge on any atom is 0.418 e. The number of benzene rings is 1. The van der Waals surface area contributed by atoms with E-state index >= 15 is 0 Å². The zero-order valence-corrected chi connectivity index (χ0v) is 9.75. The Kier molecular flexibility index (Phi) is 3.47. The largest absolute Gasteiger partial charge is 0.418 e. The number of nitrogens with one attached hydrogen (secondary N) is 1. The first-order chi connectivity index (χ1) is 8.54. The van der Waals surface area contributed by atoms with Crippen LogP contribution >= 0.6 is 0 Å². The summed E-state index contributed by atoms with van der Waals surface area (Å²) in [4.78, 5) is 7.81. The molecule has 0 bridgehead atoms. The molecule has 6 heteroatoms. The Hall–Kier alpha value is -1.69. The van der Waals surface area contributed by atoms with Gasteiger partial charge in [0.05, 0.1) is 16.8 Å². The van der Waals surface area contributed by atoms with Crippen molar-refractivity contribution in [3.8, 4) is 0 Å². The van der Waals surface area contributed by atoms with Crippen molar-refractivity contribution in [3.63, 3.8) is 0 Å². The fourth-order valence-electron chi connectivity index (χ4n) is 1.81. The zero-order valence-electron chi connectivity index (χ0n) is 9.75. The Bertz CT molecular complexity index is 552. The van der Waals surface area contributed by atoms with Gasteiger partial charge in [-0.15, -0.1) is 0 Å². The van der Waals surface area contributed by atoms with E-state index in [9.17, 15) is 13.2 Å². The van der Waals surface area contributed by atoms with Crippen LogP contribution in [0.3, 0.4) is 0 Å². The summed E-state index contributed by atoms with van der Waals surface area (Å²) < 4.78 is 38.5. The Morgan fingerprint density at radius 2 is 2.00 bits per heavy atom. The average Bonchev–Trinajstić information content (AvgIpc) is 2.34. The van der Waals surface area contributed by atoms with Crippen LogP contribution in [0.25, 0.3) is 10.9 Å². The number of likely N-dealkylation sites (N-methyl/N-ethyl adjacent to an activating group) is 1. The molecule has 0 atom stereocenters. The van der Waals surface area contributed by atoms with E-state index in [1.807, 2.05) is 0 Å². The van der Waals surface area contributed by atoms with Crippen LogP contribution in [0, 0.1) is 0 Å². The predicted octanol–water partition coefficient (Wildman–Crippen LogP) is 2.41. The van der Waals surface area contributed by atoms with Crippen molar-refractivity contribution in [2.45, 2.75) is 12.6 Å². The lowest BCUT2D eigenvalue weighted by molar-refractivity contribution is -0.136. The van der Waals surface area contributed by atoms with E-state index < -0.39 is 11.7 Å². The van der Waals surface area contributed by atoms with Crippen LogP contribution < -0.4 is 5.32 Å². The number of hydrogen-bond donors (Lipinski definition) is 1. The van der Waals surface area contributed by atoms with Gasteiger partial charge in [0, 0.05) is 18.4 Å². The molecule has 0 unspecified atom stereocenters. The van der Waals surface area contributed by atoms with Gasteiger partial charge in [-0.1, -0.05) is 12.1 Å². The molecule has 3 nitrogen and oxygen atoms in total. The van der Waals surface area contributed by atoms with Gasteiger partial charge < -0.3 is 5.32 Å². The minimum absolute atomic E-state index is 0.0360. The number of aromatic nitrogens is 2. The third-order valence-electron chi connectivity index (χ3n) is 2.66. The van der Waals surface area contributed by atoms with Gasteiger partial charge in [-0.3, -0.25) is 0 Å². The maximum atomic E-state index is 12.8. The molecular formula is C12H12F3N3. The van der Waals surface area contributed by atoms with Crippen LogP contribution in [0.2, 0.25) is 0 Å². The van der Waals surface area contributed by atoms with E-state index in [0.717, 1.165) is 6.07 Å². The number of fused-ring (bicyclic) bond motifs is 1. The topological polar surface area (TPSA) is 37.8 Å². The van der Waals surface area contributed by atoms with Crippen LogP contribution in [-0.2, 0) is 12.6 Å². The average molecular weight is 255 g/mol. The van der Waals surface area contributed by atoms with Crippen molar-refractivity contribution in [2.24, 2.45) is 0 Å². The van der Waals surface area contributed by atoms with Crippen molar-refractivity contribution in [3.05, 3.63) is 35.8 Å². The van der Waals surface area contributed by atoms with Crippen molar-refractivity contribution in [1.82, 2.24) is 15.3 Å². The van der Waals surface area contributed by atoms with Crippen molar-refractivity contribution in [1.29, 1.82) is 0 Å². The standard InChI is InChI=1S/C12H12F3N3/c1-16-6-5-10-8-3-2-4-9(12(13,14)15)11(8)18-7-17-10/h2-4,7,16H,5-6H2,1H3. The highest BCUT2D eigenvalue weighted by Gasteiger charge is 2.33. The van der Waals surface area contributed by atoms with Gasteiger partial charge in [-0.2, -0.15) is 13.2 Å². The summed E-state index contributed by atoms with van der Waals surface area (Å²) in [6.07, 6.45) is -2.65. The molecule has 0 aliphatic rings. The summed E-state index contributed by atoms with van der Waals surface area (Å²) in [5.74, 6) is 0. The molecule has 0 saturated heterocycles. The molecule has 0 radical (unpaired) electrons. The van der Waals surface area contributed by atoms with Gasteiger partial charge in [0.1, 0.15) is 6.33 Å². The van der Waals surface area contributed by atoms with Crippen LogP contribution in [0.4, 0.5) is 13.2 Å². The summed E-state index contributed by atoms with van der Waals surface area (Å²) in [5.41, 5.74) is -0.125. The molecule has 1 N–H and O–H groups in total. The van der Waals surface area contributed by atoms with E-state index in [2.05, 4.69) is 15.3 Å². The normalized spacial score (nSPS) is 12.0. The van der Waals surface area contributed by atoms with E-state index in [-0.39, 0.29) is 5.52 Å². The fraction of sp³-hybridized carbons (Fsp3) is 0.333. The number of alkyl halides is 3. The molecule has 96 valence electrons. The molecule has 0 aliphatic carbocycles. The molecule has 2 rings (SSSR count). The quantitative estimate of drug-likeness (QED) is 0.915. The highest BCUT2D eigenvalue weighted by atomic mass is 19.4. The summed E-state index contributed by atoms with van der Waals surface area (Å²) >= 11 is 0. The third kappa shape index (κ3) is 2.43. The van der Waals surface area contributed by atoms with Gasteiger partial charge in [-0.05, 0) is 13.1 Å². The molecule has 0 amide bonds. The molecule has 0 aliphatic heterocycles. The number of rotatable bonds is 3. The lowest BCUT2D eigenvalue weighted by Gasteiger charge is -2.11. The first kappa shape index (κ1) is 12.8. The number of para-hydroxylation sites is 1.